The van der Waals surface area contributed by atoms with Crippen molar-refractivity contribution in [1.29, 1.82) is 0 Å². The lowest BCUT2D eigenvalue weighted by Crippen LogP contribution is -2.33. The lowest BCUT2D eigenvalue weighted by molar-refractivity contribution is 0.0680. The molecule has 1 aromatic heterocycles. The van der Waals surface area contributed by atoms with Gasteiger partial charge in [0.15, 0.2) is 0 Å². The van der Waals surface area contributed by atoms with Gasteiger partial charge >= 0.3 is 0 Å². The first-order valence-electron chi connectivity index (χ1n) is 8.12. The van der Waals surface area contributed by atoms with Crippen LogP contribution in [-0.2, 0) is 18.3 Å². The predicted molar refractivity (Wildman–Crippen MR) is 96.6 cm³/mol. The number of aromatic nitrogens is 2. The molecule has 25 heavy (non-hydrogen) atoms. The fourth-order valence-electron chi connectivity index (χ4n) is 2.34. The number of ether oxygens (including phenoxy) is 2. The van der Waals surface area contributed by atoms with Gasteiger partial charge in [0.2, 0.25) is 0 Å². The minimum atomic E-state index is -0.0679. The van der Waals surface area contributed by atoms with Gasteiger partial charge in [0, 0.05) is 44.6 Å². The van der Waals surface area contributed by atoms with E-state index in [0.717, 1.165) is 11.1 Å². The Morgan fingerprint density at radius 2 is 2.20 bits per heavy atom. The van der Waals surface area contributed by atoms with Crippen molar-refractivity contribution in [3.8, 4) is 5.75 Å². The van der Waals surface area contributed by atoms with Crippen molar-refractivity contribution in [2.75, 3.05) is 26.9 Å². The summed E-state index contributed by atoms with van der Waals surface area (Å²) in [6, 6.07) is 7.20. The van der Waals surface area contributed by atoms with Crippen LogP contribution in [0.5, 0.6) is 5.75 Å². The second-order valence-electron chi connectivity index (χ2n) is 6.02. The van der Waals surface area contributed by atoms with Gasteiger partial charge in [-0.3, -0.25) is 9.48 Å². The van der Waals surface area contributed by atoms with Crippen LogP contribution in [0, 0.1) is 0 Å². The summed E-state index contributed by atoms with van der Waals surface area (Å²) in [6.45, 7) is 7.60. The highest BCUT2D eigenvalue weighted by Gasteiger charge is 2.17. The van der Waals surface area contributed by atoms with E-state index in [1.807, 2.05) is 32.3 Å². The Hall–Kier alpha value is -2.60. The third kappa shape index (κ3) is 5.76. The second-order valence-corrected chi connectivity index (χ2v) is 6.02. The lowest BCUT2D eigenvalue weighted by atomic mass is 10.1. The van der Waals surface area contributed by atoms with Gasteiger partial charge in [-0.15, -0.1) is 0 Å². The molecule has 1 aromatic carbocycles. The molecule has 0 fully saturated rings. The summed E-state index contributed by atoms with van der Waals surface area (Å²) in [5.41, 5.74) is 2.48. The van der Waals surface area contributed by atoms with E-state index >= 15 is 0 Å². The van der Waals surface area contributed by atoms with Crippen LogP contribution >= 0.6 is 0 Å². The quantitative estimate of drug-likeness (QED) is 0.657. The van der Waals surface area contributed by atoms with Crippen LogP contribution in [0.1, 0.15) is 22.8 Å². The Balaban J connectivity index is 2.14. The van der Waals surface area contributed by atoms with Crippen LogP contribution < -0.4 is 4.74 Å². The van der Waals surface area contributed by atoms with Crippen molar-refractivity contribution in [2.24, 2.45) is 7.05 Å². The number of benzene rings is 1. The Labute approximate surface area is 148 Å². The molecule has 0 spiro atoms. The van der Waals surface area contributed by atoms with Gasteiger partial charge in [-0.2, -0.15) is 5.10 Å². The molecule has 0 bridgehead atoms. The van der Waals surface area contributed by atoms with Gasteiger partial charge in [-0.25, -0.2) is 0 Å². The third-order valence-corrected chi connectivity index (χ3v) is 3.55. The van der Waals surface area contributed by atoms with Gasteiger partial charge in [-0.1, -0.05) is 12.6 Å². The zero-order valence-corrected chi connectivity index (χ0v) is 15.1. The fourth-order valence-corrected chi connectivity index (χ4v) is 2.34. The maximum absolute atomic E-state index is 12.9. The minimum Gasteiger partial charge on any atom is -0.489 e. The predicted octanol–water partition coefficient (Wildman–Crippen LogP) is 2.66. The second kappa shape index (κ2) is 9.03. The molecule has 2 rings (SSSR count). The van der Waals surface area contributed by atoms with Gasteiger partial charge in [0.1, 0.15) is 12.4 Å². The molecule has 0 saturated heterocycles. The number of rotatable bonds is 9. The summed E-state index contributed by atoms with van der Waals surface area (Å²) >= 11 is 0. The van der Waals surface area contributed by atoms with Crippen LogP contribution in [0.3, 0.4) is 0 Å². The van der Waals surface area contributed by atoms with E-state index in [4.69, 9.17) is 9.47 Å². The molecular weight excluding hydrogens is 318 g/mol. The topological polar surface area (TPSA) is 56.6 Å². The number of nitrogens with zero attached hydrogens (tertiary/aromatic N) is 3. The number of amides is 1. The van der Waals surface area contributed by atoms with Gasteiger partial charge < -0.3 is 14.4 Å². The van der Waals surface area contributed by atoms with Gasteiger partial charge in [0.05, 0.1) is 12.8 Å². The summed E-state index contributed by atoms with van der Waals surface area (Å²) in [5.74, 6) is 0.587. The Morgan fingerprint density at radius 3 is 2.84 bits per heavy atom. The summed E-state index contributed by atoms with van der Waals surface area (Å²) in [4.78, 5) is 14.7. The van der Waals surface area contributed by atoms with E-state index in [9.17, 15) is 4.79 Å². The van der Waals surface area contributed by atoms with Crippen molar-refractivity contribution in [2.45, 2.75) is 13.5 Å². The minimum absolute atomic E-state index is 0.0679. The number of hydrogen-bond donors (Lipinski definition) is 0. The van der Waals surface area contributed by atoms with Crippen LogP contribution in [0.15, 0.2) is 48.8 Å². The Morgan fingerprint density at radius 1 is 1.40 bits per heavy atom. The SMILES string of the molecule is C=C(C)COc1cccc(C(=O)N(CCOC)Cc2cnn(C)c2)c1. The van der Waals surface area contributed by atoms with Crippen molar-refractivity contribution >= 4 is 5.91 Å². The smallest absolute Gasteiger partial charge is 0.254 e. The molecule has 0 aliphatic carbocycles. The maximum Gasteiger partial charge on any atom is 0.254 e. The van der Waals surface area contributed by atoms with Crippen molar-refractivity contribution in [3.05, 3.63) is 59.9 Å². The molecule has 0 N–H and O–H groups in total. The average molecular weight is 343 g/mol. The average Bonchev–Trinajstić information content (AvgIpc) is 3.01. The first-order valence-corrected chi connectivity index (χ1v) is 8.12. The molecule has 0 radical (unpaired) electrons. The Bertz CT molecular complexity index is 724. The highest BCUT2D eigenvalue weighted by molar-refractivity contribution is 5.94. The standard InChI is InChI=1S/C19H25N3O3/c1-15(2)14-25-18-7-5-6-17(10-18)19(23)22(8-9-24-4)13-16-11-20-21(3)12-16/h5-7,10-12H,1,8-9,13-14H2,2-4H3. The molecule has 6 heteroatoms. The third-order valence-electron chi connectivity index (χ3n) is 3.55. The Kier molecular flexibility index (Phi) is 6.77. The van der Waals surface area contributed by atoms with E-state index in [1.165, 1.54) is 0 Å². The van der Waals surface area contributed by atoms with Crippen LogP contribution in [0.2, 0.25) is 0 Å². The molecule has 0 unspecified atom stereocenters. The molecule has 0 aliphatic heterocycles. The summed E-state index contributed by atoms with van der Waals surface area (Å²) < 4.78 is 12.5. The first-order chi connectivity index (χ1) is 12.0. The molecular formula is C19H25N3O3. The van der Waals surface area contributed by atoms with E-state index in [-0.39, 0.29) is 5.91 Å². The van der Waals surface area contributed by atoms with Gasteiger partial charge in [0.25, 0.3) is 5.91 Å². The summed E-state index contributed by atoms with van der Waals surface area (Å²) in [5, 5.41) is 4.16. The summed E-state index contributed by atoms with van der Waals surface area (Å²) in [6.07, 6.45) is 3.67. The van der Waals surface area contributed by atoms with Crippen molar-refractivity contribution in [3.63, 3.8) is 0 Å². The van der Waals surface area contributed by atoms with Crippen molar-refractivity contribution in [1.82, 2.24) is 14.7 Å². The normalized spacial score (nSPS) is 10.5. The van der Waals surface area contributed by atoms with E-state index in [0.29, 0.717) is 37.6 Å². The zero-order valence-electron chi connectivity index (χ0n) is 15.1. The monoisotopic (exact) mass is 343 g/mol. The first kappa shape index (κ1) is 18.7. The molecule has 1 heterocycles. The largest absolute Gasteiger partial charge is 0.489 e. The van der Waals surface area contributed by atoms with Crippen LogP contribution in [0.25, 0.3) is 0 Å². The van der Waals surface area contributed by atoms with E-state index in [2.05, 4.69) is 11.7 Å². The lowest BCUT2D eigenvalue weighted by Gasteiger charge is -2.22. The molecule has 0 saturated carbocycles. The van der Waals surface area contributed by atoms with Crippen molar-refractivity contribution < 1.29 is 14.3 Å². The molecule has 1 amide bonds. The van der Waals surface area contributed by atoms with E-state index < -0.39 is 0 Å². The summed E-state index contributed by atoms with van der Waals surface area (Å²) in [7, 11) is 3.48. The zero-order chi connectivity index (χ0) is 18.2. The highest BCUT2D eigenvalue weighted by Crippen LogP contribution is 2.17. The molecule has 134 valence electrons. The molecule has 6 nitrogen and oxygen atoms in total. The van der Waals surface area contributed by atoms with E-state index in [1.54, 1.807) is 35.0 Å². The number of methoxy groups -OCH3 is 1. The fraction of sp³-hybridized carbons (Fsp3) is 0.368. The molecule has 0 atom stereocenters. The number of aryl methyl sites for hydroxylation is 1. The number of hydrogen-bond acceptors (Lipinski definition) is 4. The number of carbonyl (C=O) groups is 1. The number of carbonyl (C=O) groups excluding carboxylic acids is 1. The van der Waals surface area contributed by atoms with Gasteiger partial charge in [-0.05, 0) is 30.7 Å². The highest BCUT2D eigenvalue weighted by atomic mass is 16.5. The molecule has 0 aliphatic rings. The maximum atomic E-state index is 12.9. The van der Waals surface area contributed by atoms with Crippen LogP contribution in [0.4, 0.5) is 0 Å². The van der Waals surface area contributed by atoms with Crippen LogP contribution in [-0.4, -0.2) is 47.5 Å². The molecule has 2 aromatic rings.